The van der Waals surface area contributed by atoms with E-state index in [4.69, 9.17) is 4.42 Å². The van der Waals surface area contributed by atoms with Crippen molar-refractivity contribution in [2.24, 2.45) is 0 Å². The molecule has 122 valence electrons. The van der Waals surface area contributed by atoms with Crippen molar-refractivity contribution in [3.05, 3.63) is 76.8 Å². The fourth-order valence-electron chi connectivity index (χ4n) is 2.51. The monoisotopic (exact) mass is 393 g/mol. The van der Waals surface area contributed by atoms with E-state index in [2.05, 4.69) is 31.4 Å². The molecular weight excluding hydrogens is 382 g/mol. The van der Waals surface area contributed by atoms with Crippen LogP contribution in [0.15, 0.2) is 75.6 Å². The lowest BCUT2D eigenvalue weighted by atomic mass is 10.1. The molecule has 0 aliphatic heterocycles. The van der Waals surface area contributed by atoms with Gasteiger partial charge in [-0.25, -0.2) is 0 Å². The average Bonchev–Trinajstić information content (AvgIpc) is 3.10. The maximum Gasteiger partial charge on any atom is 0.322 e. The van der Waals surface area contributed by atoms with Gasteiger partial charge in [-0.3, -0.25) is 10.1 Å². The van der Waals surface area contributed by atoms with Gasteiger partial charge in [0.25, 0.3) is 5.91 Å². The fourth-order valence-corrected chi connectivity index (χ4v) is 2.91. The minimum absolute atomic E-state index is 0.0631. The molecule has 1 amide bonds. The Hall–Kier alpha value is -2.99. The molecule has 0 radical (unpaired) electrons. The predicted molar refractivity (Wildman–Crippen MR) is 99.3 cm³/mol. The number of rotatable bonds is 3. The van der Waals surface area contributed by atoms with Crippen LogP contribution in [-0.4, -0.2) is 16.1 Å². The van der Waals surface area contributed by atoms with E-state index in [9.17, 15) is 4.79 Å². The molecule has 25 heavy (non-hydrogen) atoms. The second-order valence-electron chi connectivity index (χ2n) is 5.44. The topological polar surface area (TPSA) is 68.0 Å². The summed E-state index contributed by atoms with van der Waals surface area (Å²) in [4.78, 5) is 12.4. The Morgan fingerprint density at radius 1 is 0.920 bits per heavy atom. The number of fused-ring (bicyclic) bond motifs is 1. The van der Waals surface area contributed by atoms with Gasteiger partial charge in [0.05, 0.1) is 0 Å². The van der Waals surface area contributed by atoms with E-state index < -0.39 is 0 Å². The maximum absolute atomic E-state index is 12.4. The largest absolute Gasteiger partial charge is 0.403 e. The molecule has 5 nitrogen and oxygen atoms in total. The first-order valence-corrected chi connectivity index (χ1v) is 8.38. The second kappa shape index (κ2) is 6.49. The van der Waals surface area contributed by atoms with Crippen LogP contribution in [-0.2, 0) is 0 Å². The van der Waals surface area contributed by atoms with E-state index in [1.807, 2.05) is 60.7 Å². The quantitative estimate of drug-likeness (QED) is 0.537. The molecule has 0 unspecified atom stereocenters. The zero-order valence-electron chi connectivity index (χ0n) is 12.9. The molecule has 0 aliphatic rings. The van der Waals surface area contributed by atoms with Gasteiger partial charge in [-0.1, -0.05) is 57.4 Å². The highest BCUT2D eigenvalue weighted by molar-refractivity contribution is 9.10. The Bertz CT molecular complexity index is 1070. The molecule has 4 rings (SSSR count). The normalized spacial score (nSPS) is 10.8. The molecule has 6 heteroatoms. The minimum Gasteiger partial charge on any atom is -0.403 e. The number of carbonyl (C=O) groups excluding carboxylic acids is 1. The van der Waals surface area contributed by atoms with Crippen LogP contribution in [0.25, 0.3) is 22.2 Å². The molecule has 0 fully saturated rings. The Kier molecular flexibility index (Phi) is 4.03. The van der Waals surface area contributed by atoms with Crippen LogP contribution in [0, 0.1) is 0 Å². The van der Waals surface area contributed by atoms with Gasteiger partial charge >= 0.3 is 6.01 Å². The standard InChI is InChI=1S/C19H12BrN3O2/c20-16-7-3-6-15(11-16)18-22-23-19(25-18)21-17(24)14-9-8-12-4-1-2-5-13(12)10-14/h1-11H,(H,21,23,24). The van der Waals surface area contributed by atoms with Crippen molar-refractivity contribution in [3.8, 4) is 11.5 Å². The summed E-state index contributed by atoms with van der Waals surface area (Å²) >= 11 is 3.40. The molecule has 0 spiro atoms. The Labute approximate surface area is 151 Å². The number of anilines is 1. The Balaban J connectivity index is 1.56. The van der Waals surface area contributed by atoms with Crippen LogP contribution in [0.2, 0.25) is 0 Å². The molecule has 1 aromatic heterocycles. The lowest BCUT2D eigenvalue weighted by Gasteiger charge is -2.03. The Morgan fingerprint density at radius 3 is 2.60 bits per heavy atom. The summed E-state index contributed by atoms with van der Waals surface area (Å²) in [6, 6.07) is 20.9. The number of hydrogen-bond donors (Lipinski definition) is 1. The van der Waals surface area contributed by atoms with Crippen molar-refractivity contribution in [2.75, 3.05) is 5.32 Å². The zero-order valence-corrected chi connectivity index (χ0v) is 14.5. The number of amides is 1. The van der Waals surface area contributed by atoms with Crippen LogP contribution in [0.4, 0.5) is 6.01 Å². The molecule has 0 bridgehead atoms. The highest BCUT2D eigenvalue weighted by atomic mass is 79.9. The number of aromatic nitrogens is 2. The Morgan fingerprint density at radius 2 is 1.76 bits per heavy atom. The average molecular weight is 394 g/mol. The van der Waals surface area contributed by atoms with Crippen LogP contribution in [0.3, 0.4) is 0 Å². The van der Waals surface area contributed by atoms with Crippen molar-refractivity contribution in [3.63, 3.8) is 0 Å². The summed E-state index contributed by atoms with van der Waals surface area (Å²) in [7, 11) is 0. The van der Waals surface area contributed by atoms with Crippen molar-refractivity contribution in [2.45, 2.75) is 0 Å². The molecule has 1 heterocycles. The predicted octanol–water partition coefficient (Wildman–Crippen LogP) is 4.90. The molecule has 4 aromatic rings. The molecule has 0 aliphatic carbocycles. The SMILES string of the molecule is O=C(Nc1nnc(-c2cccc(Br)c2)o1)c1ccc2ccccc2c1. The van der Waals surface area contributed by atoms with E-state index in [1.165, 1.54) is 0 Å². The van der Waals surface area contributed by atoms with E-state index >= 15 is 0 Å². The molecule has 0 saturated heterocycles. The number of hydrogen-bond acceptors (Lipinski definition) is 4. The van der Waals surface area contributed by atoms with Gasteiger partial charge in [-0.2, -0.15) is 0 Å². The van der Waals surface area contributed by atoms with E-state index in [0.717, 1.165) is 20.8 Å². The molecule has 1 N–H and O–H groups in total. The maximum atomic E-state index is 12.4. The van der Waals surface area contributed by atoms with Crippen molar-refractivity contribution in [1.29, 1.82) is 0 Å². The first kappa shape index (κ1) is 15.5. The van der Waals surface area contributed by atoms with Crippen molar-refractivity contribution < 1.29 is 9.21 Å². The van der Waals surface area contributed by atoms with E-state index in [0.29, 0.717) is 11.5 Å². The first-order valence-electron chi connectivity index (χ1n) is 7.59. The van der Waals surface area contributed by atoms with Crippen molar-refractivity contribution in [1.82, 2.24) is 10.2 Å². The van der Waals surface area contributed by atoms with E-state index in [-0.39, 0.29) is 11.9 Å². The molecular formula is C19H12BrN3O2. The van der Waals surface area contributed by atoms with Crippen LogP contribution in [0.1, 0.15) is 10.4 Å². The van der Waals surface area contributed by atoms with Crippen LogP contribution >= 0.6 is 15.9 Å². The summed E-state index contributed by atoms with van der Waals surface area (Å²) in [5, 5.41) is 12.6. The lowest BCUT2D eigenvalue weighted by molar-refractivity contribution is 0.102. The van der Waals surface area contributed by atoms with Gasteiger partial charge in [0.1, 0.15) is 0 Å². The van der Waals surface area contributed by atoms with Crippen LogP contribution in [0.5, 0.6) is 0 Å². The van der Waals surface area contributed by atoms with Crippen molar-refractivity contribution >= 4 is 38.6 Å². The number of nitrogens with one attached hydrogen (secondary N) is 1. The summed E-state index contributed by atoms with van der Waals surface area (Å²) in [6.07, 6.45) is 0. The van der Waals surface area contributed by atoms with Gasteiger partial charge < -0.3 is 4.42 Å². The first-order chi connectivity index (χ1) is 12.2. The smallest absolute Gasteiger partial charge is 0.322 e. The van der Waals surface area contributed by atoms with Gasteiger partial charge in [0.2, 0.25) is 5.89 Å². The third kappa shape index (κ3) is 3.29. The van der Waals surface area contributed by atoms with E-state index in [1.54, 1.807) is 6.07 Å². The molecule has 0 saturated carbocycles. The number of halogens is 1. The highest BCUT2D eigenvalue weighted by Crippen LogP contribution is 2.23. The van der Waals surface area contributed by atoms with Gasteiger partial charge in [-0.15, -0.1) is 5.10 Å². The molecule has 0 atom stereocenters. The minimum atomic E-state index is -0.296. The zero-order chi connectivity index (χ0) is 17.2. The number of carbonyl (C=O) groups is 1. The van der Waals surface area contributed by atoms with Gasteiger partial charge in [0.15, 0.2) is 0 Å². The van der Waals surface area contributed by atoms with Gasteiger partial charge in [-0.05, 0) is 41.1 Å². The summed E-state index contributed by atoms with van der Waals surface area (Å²) in [5.41, 5.74) is 1.30. The van der Waals surface area contributed by atoms with Crippen LogP contribution < -0.4 is 5.32 Å². The molecule has 3 aromatic carbocycles. The third-order valence-electron chi connectivity index (χ3n) is 3.73. The summed E-state index contributed by atoms with van der Waals surface area (Å²) < 4.78 is 6.44. The highest BCUT2D eigenvalue weighted by Gasteiger charge is 2.13. The number of benzene rings is 3. The van der Waals surface area contributed by atoms with Gasteiger partial charge in [0, 0.05) is 15.6 Å². The third-order valence-corrected chi connectivity index (χ3v) is 4.22. The summed E-state index contributed by atoms with van der Waals surface area (Å²) in [6.45, 7) is 0. The second-order valence-corrected chi connectivity index (χ2v) is 6.35. The summed E-state index contributed by atoms with van der Waals surface area (Å²) in [5.74, 6) is 0.0466. The fraction of sp³-hybridized carbons (Fsp3) is 0. The lowest BCUT2D eigenvalue weighted by Crippen LogP contribution is -2.12. The number of nitrogens with zero attached hydrogens (tertiary/aromatic N) is 2.